The van der Waals surface area contributed by atoms with Crippen molar-refractivity contribution in [2.75, 3.05) is 21.3 Å². The molecule has 9 rings (SSSR count). The fraction of sp³-hybridized carbons (Fsp3) is 0.750. The van der Waals surface area contributed by atoms with Crippen molar-refractivity contribution in [1.29, 1.82) is 0 Å². The number of aliphatic hydroxyl groups excluding tert-OH is 1. The van der Waals surface area contributed by atoms with Crippen LogP contribution < -0.4 is 0 Å². The molecule has 2 aromatic carbocycles. The molecule has 0 amide bonds. The van der Waals surface area contributed by atoms with Crippen LogP contribution in [-0.2, 0) is 52.1 Å². The summed E-state index contributed by atoms with van der Waals surface area (Å²) < 4.78 is 68.8. The van der Waals surface area contributed by atoms with Gasteiger partial charge in [-0.2, -0.15) is 0 Å². The molecule has 406 valence electrons. The number of carbonyl (C=O) groups excluding carboxylic acids is 2. The standard InChI is InChI=1S/C56H80O17/c1-31-47(57)39(63-7)27-45(66-31)72-49-33(3)68-46(29-41(49)65-9)73-48-32(2)67-44(28-40(48)64-8)70-38-21-22-52(5)37(26-38)20-23-55(61)42(52)30-43(71-51(59)36-18-14-11-15-19-36)53(6)54(60,24-25-56(53,55)62)34(4)69-50(58)35-16-12-10-13-17-35/h10-19,31-34,37-49,57,60-62H,20-30H2,1-9H3/t31-,32-,33-,34+,37+,38+,39-,40+,41+,42-,43-,44+,45+,46+,47-,48-,49-,52+,53-,54-,55+,56-/m1/s1. The molecule has 4 aliphatic carbocycles. The highest BCUT2D eigenvalue weighted by Gasteiger charge is 2.82. The van der Waals surface area contributed by atoms with Gasteiger partial charge >= 0.3 is 11.9 Å². The Bertz CT molecular complexity index is 2200. The van der Waals surface area contributed by atoms with E-state index in [2.05, 4.69) is 6.92 Å². The Balaban J connectivity index is 0.866. The van der Waals surface area contributed by atoms with Crippen molar-refractivity contribution in [3.8, 4) is 0 Å². The lowest BCUT2D eigenvalue weighted by molar-refractivity contribution is -0.345. The van der Waals surface area contributed by atoms with E-state index in [1.807, 2.05) is 13.8 Å². The van der Waals surface area contributed by atoms with Crippen LogP contribution in [0.3, 0.4) is 0 Å². The molecule has 22 atom stereocenters. The number of methoxy groups -OCH3 is 3. The zero-order valence-electron chi connectivity index (χ0n) is 44.0. The monoisotopic (exact) mass is 1020 g/mol. The molecule has 3 aliphatic heterocycles. The highest BCUT2D eigenvalue weighted by atomic mass is 16.7. The first-order valence-corrected chi connectivity index (χ1v) is 26.6. The smallest absolute Gasteiger partial charge is 0.338 e. The zero-order valence-corrected chi connectivity index (χ0v) is 44.0. The highest BCUT2D eigenvalue weighted by Crippen LogP contribution is 2.72. The van der Waals surface area contributed by atoms with E-state index >= 15 is 0 Å². The molecule has 7 aliphatic rings. The fourth-order valence-electron chi connectivity index (χ4n) is 14.8. The SMILES string of the molecule is CO[C@H]1C[C@H](O[C@H]2CC[C@@]3(C)[C@@H](CC[C@]4(O)[C@@H]3C[C@@H](OC(=O)c3ccccc3)[C@@]3(C)[C@]4(O)CC[C@@]3(O)[C@H](C)OC(=O)c3ccccc3)C2)O[C@H](C)[C@H]1O[C@H]1C[C@H](OC)[C@H](O[C@H]2C[C@@H](OC)[C@H](O)[C@@H](C)O2)[C@@H](C)O1. The molecule has 0 spiro atoms. The van der Waals surface area contributed by atoms with E-state index in [9.17, 15) is 30.0 Å². The summed E-state index contributed by atoms with van der Waals surface area (Å²) in [7, 11) is 4.86. The first-order chi connectivity index (χ1) is 34.7. The van der Waals surface area contributed by atoms with E-state index in [4.69, 9.17) is 52.1 Å². The van der Waals surface area contributed by atoms with Crippen LogP contribution in [0.2, 0.25) is 0 Å². The summed E-state index contributed by atoms with van der Waals surface area (Å²) in [6.07, 6.45) is -4.22. The van der Waals surface area contributed by atoms with Gasteiger partial charge in [0, 0.05) is 40.6 Å². The second-order valence-electron chi connectivity index (χ2n) is 22.7. The number of rotatable bonds is 14. The number of benzene rings is 2. The molecule has 2 aromatic rings. The average Bonchev–Trinajstić information content (AvgIpc) is 3.61. The molecule has 17 heteroatoms. The second kappa shape index (κ2) is 21.4. The molecule has 0 unspecified atom stereocenters. The maximum Gasteiger partial charge on any atom is 0.338 e. The van der Waals surface area contributed by atoms with Gasteiger partial charge in [-0.1, -0.05) is 50.2 Å². The van der Waals surface area contributed by atoms with Gasteiger partial charge in [-0.25, -0.2) is 9.59 Å². The number of carbonyl (C=O) groups is 2. The van der Waals surface area contributed by atoms with Crippen LogP contribution >= 0.6 is 0 Å². The van der Waals surface area contributed by atoms with Crippen LogP contribution in [-0.4, -0.2) is 163 Å². The molecular formula is C56H80O17. The van der Waals surface area contributed by atoms with Crippen LogP contribution in [0.1, 0.15) is 133 Å². The van der Waals surface area contributed by atoms with Crippen molar-refractivity contribution >= 4 is 11.9 Å². The van der Waals surface area contributed by atoms with Crippen LogP contribution in [0.25, 0.3) is 0 Å². The summed E-state index contributed by atoms with van der Waals surface area (Å²) in [5, 5.41) is 50.2. The number of esters is 2. The average molecular weight is 1030 g/mol. The van der Waals surface area contributed by atoms with Crippen LogP contribution in [0.15, 0.2) is 60.7 Å². The second-order valence-corrected chi connectivity index (χ2v) is 22.7. The van der Waals surface area contributed by atoms with Gasteiger partial charge in [0.15, 0.2) is 18.9 Å². The molecular weight excluding hydrogens is 945 g/mol. The largest absolute Gasteiger partial charge is 0.458 e. The molecule has 73 heavy (non-hydrogen) atoms. The molecule has 0 aromatic heterocycles. The van der Waals surface area contributed by atoms with E-state index in [0.29, 0.717) is 56.1 Å². The van der Waals surface area contributed by atoms with E-state index in [0.717, 1.165) is 0 Å². The maximum atomic E-state index is 14.1. The van der Waals surface area contributed by atoms with Gasteiger partial charge < -0.3 is 72.5 Å². The fourth-order valence-corrected chi connectivity index (χ4v) is 14.8. The van der Waals surface area contributed by atoms with Gasteiger partial charge in [0.2, 0.25) is 0 Å². The van der Waals surface area contributed by atoms with Crippen molar-refractivity contribution in [2.45, 2.75) is 221 Å². The van der Waals surface area contributed by atoms with Gasteiger partial charge in [-0.15, -0.1) is 0 Å². The lowest BCUT2D eigenvalue weighted by Crippen LogP contribution is -2.79. The Hall–Kier alpha value is -3.14. The normalized spacial score (nSPS) is 46.0. The van der Waals surface area contributed by atoms with Gasteiger partial charge in [0.05, 0.1) is 64.9 Å². The molecule has 7 fully saturated rings. The third-order valence-electron chi connectivity index (χ3n) is 19.2. The summed E-state index contributed by atoms with van der Waals surface area (Å²) >= 11 is 0. The van der Waals surface area contributed by atoms with E-state index < -0.39 is 119 Å². The Labute approximate surface area is 429 Å². The molecule has 3 saturated heterocycles. The molecule has 17 nitrogen and oxygen atoms in total. The first-order valence-electron chi connectivity index (χ1n) is 26.6. The summed E-state index contributed by atoms with van der Waals surface area (Å²) in [5.41, 5.74) is -7.04. The van der Waals surface area contributed by atoms with E-state index in [-0.39, 0.29) is 49.9 Å². The molecule has 4 saturated carbocycles. The van der Waals surface area contributed by atoms with E-state index in [1.54, 1.807) is 103 Å². The van der Waals surface area contributed by atoms with Gasteiger partial charge in [-0.05, 0) is 121 Å². The molecule has 3 heterocycles. The summed E-state index contributed by atoms with van der Waals surface area (Å²) in [4.78, 5) is 27.5. The van der Waals surface area contributed by atoms with Crippen LogP contribution in [0.4, 0.5) is 0 Å². The number of fused-ring (bicyclic) bond motifs is 5. The lowest BCUT2D eigenvalue weighted by atomic mass is 9.40. The Morgan fingerprint density at radius 1 is 0.630 bits per heavy atom. The number of aliphatic hydroxyl groups is 4. The highest BCUT2D eigenvalue weighted by molar-refractivity contribution is 5.90. The van der Waals surface area contributed by atoms with Crippen molar-refractivity contribution < 1.29 is 82.1 Å². The molecule has 4 N–H and O–H groups in total. The quantitative estimate of drug-likeness (QED) is 0.125. The zero-order chi connectivity index (χ0) is 52.3. The van der Waals surface area contributed by atoms with Crippen molar-refractivity contribution in [3.63, 3.8) is 0 Å². The maximum absolute atomic E-state index is 14.1. The van der Waals surface area contributed by atoms with Crippen LogP contribution in [0.5, 0.6) is 0 Å². The summed E-state index contributed by atoms with van der Waals surface area (Å²) in [6, 6.07) is 17.1. The number of hydrogen-bond acceptors (Lipinski definition) is 17. The minimum atomic E-state index is -1.93. The topological polar surface area (TPSA) is 217 Å². The third-order valence-corrected chi connectivity index (χ3v) is 19.2. The predicted molar refractivity (Wildman–Crippen MR) is 262 cm³/mol. The number of hydrogen-bond donors (Lipinski definition) is 4. The minimum absolute atomic E-state index is 0.000182. The van der Waals surface area contributed by atoms with Gasteiger partial charge in [0.1, 0.15) is 41.7 Å². The van der Waals surface area contributed by atoms with Gasteiger partial charge in [0.25, 0.3) is 0 Å². The summed E-state index contributed by atoms with van der Waals surface area (Å²) in [6.45, 7) is 11.1. The first kappa shape index (κ1) is 54.6. The van der Waals surface area contributed by atoms with Crippen molar-refractivity contribution in [3.05, 3.63) is 71.8 Å². The third kappa shape index (κ3) is 9.62. The summed E-state index contributed by atoms with van der Waals surface area (Å²) in [5.74, 6) is -1.69. The Morgan fingerprint density at radius 2 is 1.15 bits per heavy atom. The van der Waals surface area contributed by atoms with E-state index in [1.165, 1.54) is 0 Å². The molecule has 0 bridgehead atoms. The predicted octanol–water partition coefficient (Wildman–Crippen LogP) is 6.04. The Morgan fingerprint density at radius 3 is 1.71 bits per heavy atom. The number of ether oxygens (including phenoxy) is 11. The lowest BCUT2D eigenvalue weighted by Gasteiger charge is -2.69. The Kier molecular flexibility index (Phi) is 16.0. The van der Waals surface area contributed by atoms with Crippen molar-refractivity contribution in [2.24, 2.45) is 22.7 Å². The van der Waals surface area contributed by atoms with Crippen LogP contribution in [0, 0.1) is 22.7 Å². The van der Waals surface area contributed by atoms with Gasteiger partial charge in [-0.3, -0.25) is 0 Å². The van der Waals surface area contributed by atoms with Crippen molar-refractivity contribution in [1.82, 2.24) is 0 Å². The molecule has 0 radical (unpaired) electrons. The minimum Gasteiger partial charge on any atom is -0.458 e.